The van der Waals surface area contributed by atoms with Crippen molar-refractivity contribution in [3.63, 3.8) is 0 Å². The van der Waals surface area contributed by atoms with Crippen LogP contribution in [0, 0.1) is 11.8 Å². The maximum Gasteiger partial charge on any atom is 0.407 e. The van der Waals surface area contributed by atoms with Crippen LogP contribution in [0.2, 0.25) is 0 Å². The largest absolute Gasteiger partial charge is 0.453 e. The van der Waals surface area contributed by atoms with Crippen molar-refractivity contribution in [1.29, 1.82) is 0 Å². The van der Waals surface area contributed by atoms with Crippen molar-refractivity contribution in [2.45, 2.75) is 90.4 Å². The molecule has 3 aliphatic rings. The van der Waals surface area contributed by atoms with Crippen LogP contribution in [0.15, 0.2) is 48.7 Å². The number of H-pyrrole nitrogens is 2. The number of fused-ring (bicyclic) bond motifs is 3. The number of hydrogen-bond donors (Lipinski definition) is 4. The summed E-state index contributed by atoms with van der Waals surface area (Å²) in [5.41, 5.74) is 8.46. The summed E-state index contributed by atoms with van der Waals surface area (Å²) in [7, 11) is 2.59. The normalized spacial score (nSPS) is 18.7. The van der Waals surface area contributed by atoms with Gasteiger partial charge in [0.05, 0.1) is 49.6 Å². The number of nitrogens with one attached hydrogen (secondary N) is 4. The van der Waals surface area contributed by atoms with Crippen molar-refractivity contribution >= 4 is 24.0 Å². The Morgan fingerprint density at radius 1 is 0.732 bits per heavy atom. The van der Waals surface area contributed by atoms with E-state index in [1.807, 2.05) is 43.7 Å². The molecule has 296 valence electrons. The van der Waals surface area contributed by atoms with E-state index < -0.39 is 24.3 Å². The molecule has 1 aliphatic carbocycles. The summed E-state index contributed by atoms with van der Waals surface area (Å²) < 4.78 is 9.55. The molecular formula is C42H52N8O6. The first-order valence-electron chi connectivity index (χ1n) is 19.6. The lowest BCUT2D eigenvalue weighted by molar-refractivity contribution is -0.136. The van der Waals surface area contributed by atoms with Gasteiger partial charge in [-0.3, -0.25) is 9.59 Å². The standard InChI is InChI=1S/C42H52N8O6/c1-23(2)34(47-41(53)55-5)39(51)49-19-7-9-32(49)37-43-22-31(45-37)26-13-11-25(12-14-26)27-15-17-29-28(21-27)16-18-30-36(29)46-38(44-30)33-10-8-20-50(33)40(52)35(24(3)4)48-42(54)56-6/h11-15,17,21-24,32-35H,7-10,16,18-20H2,1-6H3,(H,43,45)(H,44,46)(H,47,53)(H,48,54)/t32?,33?,34-,35-/m0/s1. The minimum Gasteiger partial charge on any atom is -0.453 e. The highest BCUT2D eigenvalue weighted by atomic mass is 16.5. The Labute approximate surface area is 327 Å². The average molecular weight is 765 g/mol. The van der Waals surface area contributed by atoms with Gasteiger partial charge in [0.15, 0.2) is 0 Å². The van der Waals surface area contributed by atoms with Crippen LogP contribution >= 0.6 is 0 Å². The highest BCUT2D eigenvalue weighted by molar-refractivity contribution is 5.87. The number of alkyl carbamates (subject to hydrolysis) is 2. The molecule has 14 nitrogen and oxygen atoms in total. The lowest BCUT2D eigenvalue weighted by atomic mass is 9.89. The monoisotopic (exact) mass is 764 g/mol. The first-order valence-corrected chi connectivity index (χ1v) is 19.6. The van der Waals surface area contributed by atoms with Gasteiger partial charge in [-0.15, -0.1) is 0 Å². The fourth-order valence-corrected chi connectivity index (χ4v) is 8.35. The van der Waals surface area contributed by atoms with Gasteiger partial charge in [-0.1, -0.05) is 70.2 Å². The van der Waals surface area contributed by atoms with Crippen molar-refractivity contribution in [2.24, 2.45) is 11.8 Å². The molecule has 2 aromatic carbocycles. The molecule has 2 aromatic heterocycles. The minimum atomic E-state index is -0.686. The van der Waals surface area contributed by atoms with Crippen LogP contribution in [-0.4, -0.2) is 93.1 Å². The van der Waals surface area contributed by atoms with E-state index in [2.05, 4.69) is 63.1 Å². The Morgan fingerprint density at radius 3 is 1.86 bits per heavy atom. The Kier molecular flexibility index (Phi) is 11.2. The SMILES string of the molecule is COC(=O)N[C@H](C(=O)N1CCCC1c1ncc(-c2ccc(-c3ccc4c(c3)CCc3nc(C5CCCN5C(=O)[C@@H](NC(=O)OC)C(C)C)[nH]c3-4)cc2)[nH]1)C(C)C. The van der Waals surface area contributed by atoms with E-state index in [0.29, 0.717) is 13.1 Å². The summed E-state index contributed by atoms with van der Waals surface area (Å²) in [6.07, 6.45) is 5.54. The molecule has 4 N–H and O–H groups in total. The highest BCUT2D eigenvalue weighted by Gasteiger charge is 2.39. The second-order valence-electron chi connectivity index (χ2n) is 15.7. The predicted octanol–water partition coefficient (Wildman–Crippen LogP) is 6.32. The molecule has 14 heteroatoms. The molecular weight excluding hydrogens is 713 g/mol. The second-order valence-corrected chi connectivity index (χ2v) is 15.7. The molecule has 4 aromatic rings. The van der Waals surface area contributed by atoms with Crippen LogP contribution in [0.3, 0.4) is 0 Å². The summed E-state index contributed by atoms with van der Waals surface area (Å²) in [6.45, 7) is 8.85. The summed E-state index contributed by atoms with van der Waals surface area (Å²) in [6, 6.07) is 13.2. The van der Waals surface area contributed by atoms with Crippen LogP contribution < -0.4 is 10.6 Å². The zero-order chi connectivity index (χ0) is 39.7. The lowest BCUT2D eigenvalue weighted by Gasteiger charge is -2.30. The van der Waals surface area contributed by atoms with Crippen molar-refractivity contribution in [3.05, 3.63) is 71.6 Å². The van der Waals surface area contributed by atoms with Gasteiger partial charge < -0.3 is 39.9 Å². The van der Waals surface area contributed by atoms with E-state index in [0.717, 1.165) is 89.5 Å². The summed E-state index contributed by atoms with van der Waals surface area (Å²) >= 11 is 0. The zero-order valence-corrected chi connectivity index (χ0v) is 33.0. The fourth-order valence-electron chi connectivity index (χ4n) is 8.35. The van der Waals surface area contributed by atoms with Crippen molar-refractivity contribution < 1.29 is 28.7 Å². The van der Waals surface area contributed by atoms with Gasteiger partial charge in [-0.25, -0.2) is 19.6 Å². The molecule has 4 heterocycles. The number of hydrogen-bond acceptors (Lipinski definition) is 8. The van der Waals surface area contributed by atoms with Crippen LogP contribution in [0.25, 0.3) is 33.6 Å². The number of imidazole rings is 2. The third kappa shape index (κ3) is 7.61. The third-order valence-electron chi connectivity index (χ3n) is 11.4. The van der Waals surface area contributed by atoms with Crippen LogP contribution in [0.1, 0.15) is 88.4 Å². The minimum absolute atomic E-state index is 0.0993. The number of likely N-dealkylation sites (tertiary alicyclic amines) is 2. The molecule has 2 unspecified atom stereocenters. The molecule has 0 radical (unpaired) electrons. The summed E-state index contributed by atoms with van der Waals surface area (Å²) in [5.74, 6) is 1.06. The fraction of sp³-hybridized carbons (Fsp3) is 0.476. The molecule has 7 rings (SSSR count). The van der Waals surface area contributed by atoms with Crippen LogP contribution in [0.4, 0.5) is 9.59 Å². The Hall–Kier alpha value is -5.66. The van der Waals surface area contributed by atoms with Crippen molar-refractivity contribution in [1.82, 2.24) is 40.4 Å². The number of amides is 4. The first-order chi connectivity index (χ1) is 27.0. The van der Waals surface area contributed by atoms with E-state index in [4.69, 9.17) is 19.4 Å². The zero-order valence-electron chi connectivity index (χ0n) is 33.0. The van der Waals surface area contributed by atoms with Crippen molar-refractivity contribution in [3.8, 4) is 33.6 Å². The Bertz CT molecular complexity index is 2090. The number of aromatic nitrogens is 4. The molecule has 0 bridgehead atoms. The number of aryl methyl sites for hydroxylation is 2. The molecule has 2 fully saturated rings. The molecule has 2 aliphatic heterocycles. The first kappa shape index (κ1) is 38.6. The van der Waals surface area contributed by atoms with Crippen molar-refractivity contribution in [2.75, 3.05) is 27.3 Å². The number of carbonyl (C=O) groups excluding carboxylic acids is 4. The number of carbonyl (C=O) groups is 4. The van der Waals surface area contributed by atoms with Gasteiger partial charge in [0.1, 0.15) is 23.7 Å². The highest BCUT2D eigenvalue weighted by Crippen LogP contribution is 2.39. The van der Waals surface area contributed by atoms with E-state index in [9.17, 15) is 19.2 Å². The number of benzene rings is 2. The Balaban J connectivity index is 1.05. The maximum atomic E-state index is 13.7. The molecule has 0 saturated carbocycles. The third-order valence-corrected chi connectivity index (χ3v) is 11.4. The second kappa shape index (κ2) is 16.2. The topological polar surface area (TPSA) is 175 Å². The van der Waals surface area contributed by atoms with E-state index in [1.54, 1.807) is 0 Å². The number of methoxy groups -OCH3 is 2. The van der Waals surface area contributed by atoms with E-state index >= 15 is 0 Å². The van der Waals surface area contributed by atoms with E-state index in [-0.39, 0.29) is 35.7 Å². The van der Waals surface area contributed by atoms with Gasteiger partial charge in [-0.2, -0.15) is 0 Å². The van der Waals surface area contributed by atoms with Gasteiger partial charge in [0, 0.05) is 18.7 Å². The molecule has 0 spiro atoms. The van der Waals surface area contributed by atoms with Gasteiger partial charge in [-0.05, 0) is 72.6 Å². The number of aromatic amines is 2. The smallest absolute Gasteiger partial charge is 0.407 e. The van der Waals surface area contributed by atoms with Crippen LogP contribution in [-0.2, 0) is 31.9 Å². The van der Waals surface area contributed by atoms with E-state index in [1.165, 1.54) is 19.8 Å². The quantitative estimate of drug-likeness (QED) is 0.145. The molecule has 4 atom stereocenters. The molecule has 4 amide bonds. The predicted molar refractivity (Wildman–Crippen MR) is 210 cm³/mol. The maximum absolute atomic E-state index is 13.7. The molecule has 56 heavy (non-hydrogen) atoms. The average Bonchev–Trinajstić information content (AvgIpc) is 4.04. The molecule has 2 saturated heterocycles. The van der Waals surface area contributed by atoms with Gasteiger partial charge in [0.25, 0.3) is 0 Å². The summed E-state index contributed by atoms with van der Waals surface area (Å²) in [4.78, 5) is 71.7. The summed E-state index contributed by atoms with van der Waals surface area (Å²) in [5, 5.41) is 5.42. The number of nitrogens with zero attached hydrogens (tertiary/aromatic N) is 4. The van der Waals surface area contributed by atoms with Gasteiger partial charge >= 0.3 is 12.2 Å². The van der Waals surface area contributed by atoms with Gasteiger partial charge in [0.2, 0.25) is 11.8 Å². The Morgan fingerprint density at radius 2 is 1.29 bits per heavy atom. The van der Waals surface area contributed by atoms with Crippen LogP contribution in [0.5, 0.6) is 0 Å². The lowest BCUT2D eigenvalue weighted by Crippen LogP contribution is -2.51. The number of ether oxygens (including phenoxy) is 2. The number of rotatable bonds is 10.